The molecule has 0 spiro atoms. The van der Waals surface area contributed by atoms with Crippen molar-refractivity contribution in [3.63, 3.8) is 0 Å². The number of carbonyl (C=O) groups is 2. The number of benzene rings is 2. The van der Waals surface area contributed by atoms with Gasteiger partial charge in [-0.15, -0.1) is 0 Å². The molecule has 24 heavy (non-hydrogen) atoms. The first-order valence-electron chi connectivity index (χ1n) is 8.11. The second-order valence-electron chi connectivity index (χ2n) is 5.93. The summed E-state index contributed by atoms with van der Waals surface area (Å²) in [6, 6.07) is 13.8. The van der Waals surface area contributed by atoms with Crippen LogP contribution in [0.1, 0.15) is 35.6 Å². The van der Waals surface area contributed by atoms with Crippen LogP contribution in [0.15, 0.2) is 48.5 Å². The van der Waals surface area contributed by atoms with Gasteiger partial charge in [0.05, 0.1) is 0 Å². The highest BCUT2D eigenvalue weighted by molar-refractivity contribution is 5.97. The van der Waals surface area contributed by atoms with Crippen LogP contribution in [0.5, 0.6) is 0 Å². The summed E-state index contributed by atoms with van der Waals surface area (Å²) in [5, 5.41) is 14.3. The monoisotopic (exact) mass is 324 g/mol. The number of hydrogen-bond donors (Lipinski definition) is 3. The molecule has 0 saturated carbocycles. The van der Waals surface area contributed by atoms with E-state index in [1.807, 2.05) is 18.2 Å². The van der Waals surface area contributed by atoms with Gasteiger partial charge in [0.1, 0.15) is 6.04 Å². The van der Waals surface area contributed by atoms with Gasteiger partial charge in [-0.2, -0.15) is 0 Å². The average molecular weight is 324 g/mol. The normalized spacial score (nSPS) is 14.3. The Kier molecular flexibility index (Phi) is 4.79. The molecule has 1 unspecified atom stereocenters. The van der Waals surface area contributed by atoms with Gasteiger partial charge in [0.2, 0.25) is 0 Å². The number of hydrogen-bond acceptors (Lipinski definition) is 2. The molecule has 0 bridgehead atoms. The second kappa shape index (κ2) is 7.17. The molecule has 0 aromatic heterocycles. The van der Waals surface area contributed by atoms with E-state index in [2.05, 4.69) is 16.7 Å². The van der Waals surface area contributed by atoms with E-state index in [0.29, 0.717) is 5.56 Å². The Morgan fingerprint density at radius 1 is 0.958 bits per heavy atom. The predicted octanol–water partition coefficient (Wildman–Crippen LogP) is 3.51. The van der Waals surface area contributed by atoms with E-state index in [0.717, 1.165) is 31.4 Å². The third kappa shape index (κ3) is 3.56. The third-order valence-electron chi connectivity index (χ3n) is 4.32. The number of carbonyl (C=O) groups excluding carboxylic acids is 1. The second-order valence-corrected chi connectivity index (χ2v) is 5.93. The molecule has 1 aliphatic carbocycles. The molecule has 0 heterocycles. The largest absolute Gasteiger partial charge is 0.465 e. The lowest BCUT2D eigenvalue weighted by Crippen LogP contribution is -2.36. The van der Waals surface area contributed by atoms with Crippen LogP contribution in [0.3, 0.4) is 0 Å². The number of nitrogens with one attached hydrogen (secondary N) is 2. The van der Waals surface area contributed by atoms with Crippen LogP contribution in [-0.2, 0) is 17.6 Å². The number of aryl methyl sites for hydroxylation is 1. The molecule has 2 aromatic rings. The van der Waals surface area contributed by atoms with Crippen molar-refractivity contribution >= 4 is 17.7 Å². The number of rotatable bonds is 4. The molecule has 5 nitrogen and oxygen atoms in total. The summed E-state index contributed by atoms with van der Waals surface area (Å²) in [7, 11) is 0. The molecule has 2 amide bonds. The fourth-order valence-electron chi connectivity index (χ4n) is 3.17. The highest BCUT2D eigenvalue weighted by Crippen LogP contribution is 2.28. The van der Waals surface area contributed by atoms with Crippen LogP contribution in [0, 0.1) is 0 Å². The van der Waals surface area contributed by atoms with Crippen molar-refractivity contribution in [2.24, 2.45) is 0 Å². The smallest absolute Gasteiger partial charge is 0.405 e. The van der Waals surface area contributed by atoms with Crippen molar-refractivity contribution in [3.8, 4) is 0 Å². The maximum Gasteiger partial charge on any atom is 0.405 e. The Morgan fingerprint density at radius 3 is 2.46 bits per heavy atom. The summed E-state index contributed by atoms with van der Waals surface area (Å²) in [6.07, 6.45) is 3.00. The highest BCUT2D eigenvalue weighted by Gasteiger charge is 2.24. The molecule has 1 aliphatic rings. The van der Waals surface area contributed by atoms with Gasteiger partial charge >= 0.3 is 6.09 Å². The average Bonchev–Trinajstić information content (AvgIpc) is 2.60. The van der Waals surface area contributed by atoms with Gasteiger partial charge in [0.15, 0.2) is 0 Å². The summed E-state index contributed by atoms with van der Waals surface area (Å²) < 4.78 is 0. The fraction of sp³-hybridized carbons (Fsp3) is 0.263. The topological polar surface area (TPSA) is 78.4 Å². The molecule has 124 valence electrons. The molecule has 0 fully saturated rings. The van der Waals surface area contributed by atoms with Gasteiger partial charge in [-0.25, -0.2) is 4.79 Å². The Labute approximate surface area is 140 Å². The molecule has 0 aliphatic heterocycles. The first-order chi connectivity index (χ1) is 11.6. The molecule has 2 aromatic carbocycles. The van der Waals surface area contributed by atoms with Gasteiger partial charge in [0, 0.05) is 5.69 Å². The lowest BCUT2D eigenvalue weighted by molar-refractivity contribution is -0.118. The Morgan fingerprint density at radius 2 is 1.71 bits per heavy atom. The predicted molar refractivity (Wildman–Crippen MR) is 92.1 cm³/mol. The zero-order valence-electron chi connectivity index (χ0n) is 13.3. The zero-order valence-corrected chi connectivity index (χ0v) is 13.3. The maximum absolute atomic E-state index is 12.7. The molecule has 0 radical (unpaired) electrons. The first-order valence-corrected chi connectivity index (χ1v) is 8.11. The van der Waals surface area contributed by atoms with Gasteiger partial charge in [-0.1, -0.05) is 42.5 Å². The van der Waals surface area contributed by atoms with E-state index in [-0.39, 0.29) is 5.91 Å². The summed E-state index contributed by atoms with van der Waals surface area (Å²) >= 11 is 0. The van der Waals surface area contributed by atoms with Crippen LogP contribution in [0.4, 0.5) is 10.5 Å². The quantitative estimate of drug-likeness (QED) is 0.805. The SMILES string of the molecule is O=C(O)NC(C(=O)Nc1cccc2c1CCCC2)c1ccccc1. The van der Waals surface area contributed by atoms with Crippen molar-refractivity contribution in [1.29, 1.82) is 0 Å². The number of anilines is 1. The van der Waals surface area contributed by atoms with Crippen molar-refractivity contribution in [2.45, 2.75) is 31.7 Å². The van der Waals surface area contributed by atoms with E-state index in [1.165, 1.54) is 11.1 Å². The Balaban J connectivity index is 1.85. The fourth-order valence-corrected chi connectivity index (χ4v) is 3.17. The standard InChI is InChI=1S/C19H20N2O3/c22-18(17(21-19(23)24)14-8-2-1-3-9-14)20-16-12-6-10-13-7-4-5-11-15(13)16/h1-3,6,8-10,12,17,21H,4-5,7,11H2,(H,20,22)(H,23,24). The van der Waals surface area contributed by atoms with E-state index >= 15 is 0 Å². The minimum absolute atomic E-state index is 0.373. The van der Waals surface area contributed by atoms with Gasteiger partial charge < -0.3 is 15.7 Å². The number of fused-ring (bicyclic) bond motifs is 1. The van der Waals surface area contributed by atoms with Crippen LogP contribution in [0.2, 0.25) is 0 Å². The number of amides is 2. The summed E-state index contributed by atoms with van der Waals surface area (Å²) in [6.45, 7) is 0. The molecular weight excluding hydrogens is 304 g/mol. The van der Waals surface area contributed by atoms with Crippen LogP contribution in [0.25, 0.3) is 0 Å². The van der Waals surface area contributed by atoms with Crippen LogP contribution < -0.4 is 10.6 Å². The number of carboxylic acid groups (broad SMARTS) is 1. The zero-order chi connectivity index (χ0) is 16.9. The molecule has 5 heteroatoms. The molecule has 3 rings (SSSR count). The molecular formula is C19H20N2O3. The maximum atomic E-state index is 12.7. The van der Waals surface area contributed by atoms with Crippen molar-refractivity contribution in [2.75, 3.05) is 5.32 Å². The summed E-state index contributed by atoms with van der Waals surface area (Å²) in [5.41, 5.74) is 3.83. The summed E-state index contributed by atoms with van der Waals surface area (Å²) in [5.74, 6) is -0.373. The Bertz CT molecular complexity index is 744. The van der Waals surface area contributed by atoms with E-state index in [1.54, 1.807) is 24.3 Å². The first kappa shape index (κ1) is 16.1. The van der Waals surface area contributed by atoms with Crippen LogP contribution in [-0.4, -0.2) is 17.1 Å². The van der Waals surface area contributed by atoms with E-state index < -0.39 is 12.1 Å². The third-order valence-corrected chi connectivity index (χ3v) is 4.32. The highest BCUT2D eigenvalue weighted by atomic mass is 16.4. The van der Waals surface area contributed by atoms with Crippen molar-refractivity contribution in [3.05, 3.63) is 65.2 Å². The lowest BCUT2D eigenvalue weighted by atomic mass is 9.90. The Hall–Kier alpha value is -2.82. The van der Waals surface area contributed by atoms with Crippen molar-refractivity contribution in [1.82, 2.24) is 5.32 Å². The van der Waals surface area contributed by atoms with Gasteiger partial charge in [0.25, 0.3) is 5.91 Å². The molecule has 0 saturated heterocycles. The minimum atomic E-state index is -1.23. The lowest BCUT2D eigenvalue weighted by Gasteiger charge is -2.22. The van der Waals surface area contributed by atoms with E-state index in [9.17, 15) is 9.59 Å². The van der Waals surface area contributed by atoms with Crippen LogP contribution >= 0.6 is 0 Å². The van der Waals surface area contributed by atoms with E-state index in [4.69, 9.17) is 5.11 Å². The molecule has 1 atom stereocenters. The van der Waals surface area contributed by atoms with Gasteiger partial charge in [-0.3, -0.25) is 4.79 Å². The summed E-state index contributed by atoms with van der Waals surface area (Å²) in [4.78, 5) is 23.8. The van der Waals surface area contributed by atoms with Gasteiger partial charge in [-0.05, 0) is 48.4 Å². The molecule has 3 N–H and O–H groups in total. The van der Waals surface area contributed by atoms with Crippen molar-refractivity contribution < 1.29 is 14.7 Å². The minimum Gasteiger partial charge on any atom is -0.465 e.